The molecule has 0 unspecified atom stereocenters. The first-order valence-electron chi connectivity index (χ1n) is 8.69. The second-order valence-electron chi connectivity index (χ2n) is 6.35. The van der Waals surface area contributed by atoms with Gasteiger partial charge in [-0.1, -0.05) is 22.4 Å². The van der Waals surface area contributed by atoms with Gasteiger partial charge in [-0.25, -0.2) is 0 Å². The van der Waals surface area contributed by atoms with Crippen LogP contribution in [0.4, 0.5) is 0 Å². The van der Waals surface area contributed by atoms with Crippen molar-refractivity contribution in [2.45, 2.75) is 33.0 Å². The van der Waals surface area contributed by atoms with Crippen LogP contribution in [0.5, 0.6) is 5.75 Å². The highest BCUT2D eigenvalue weighted by Gasteiger charge is 2.33. The zero-order valence-corrected chi connectivity index (χ0v) is 16.2. The fourth-order valence-electron chi connectivity index (χ4n) is 2.93. The molecule has 10 nitrogen and oxygen atoms in total. The Bertz CT molecular complexity index is 750. The van der Waals surface area contributed by atoms with Gasteiger partial charge in [0.05, 0.1) is 13.7 Å². The molecule has 0 saturated heterocycles. The van der Waals surface area contributed by atoms with Crippen LogP contribution >= 0.6 is 0 Å². The number of ketones is 2. The SMILES string of the molecule is COc1ccc(CO[C@@H](C(C)=O)[C@H](CN=[N+]=[N-])[C@@H](CN=[N+]=[N-])CC(C)=O)cc1. The van der Waals surface area contributed by atoms with Gasteiger partial charge in [-0.15, -0.1) is 0 Å². The van der Waals surface area contributed by atoms with Gasteiger partial charge in [-0.2, -0.15) is 0 Å². The molecule has 0 amide bonds. The number of rotatable bonds is 13. The summed E-state index contributed by atoms with van der Waals surface area (Å²) in [5, 5.41) is 7.12. The van der Waals surface area contributed by atoms with Gasteiger partial charge >= 0.3 is 0 Å². The molecule has 1 aromatic carbocycles. The number of methoxy groups -OCH3 is 1. The molecule has 1 aromatic rings. The maximum atomic E-state index is 12.3. The Balaban J connectivity index is 3.06. The Hall–Kier alpha value is -3.06. The fraction of sp³-hybridized carbons (Fsp3) is 0.556. The van der Waals surface area contributed by atoms with Gasteiger partial charge in [-0.3, -0.25) is 4.79 Å². The normalized spacial score (nSPS) is 13.4. The van der Waals surface area contributed by atoms with E-state index in [1.54, 1.807) is 19.2 Å². The quantitative estimate of drug-likeness (QED) is 0.285. The van der Waals surface area contributed by atoms with Crippen LogP contribution in [0.1, 0.15) is 25.8 Å². The molecule has 0 radical (unpaired) electrons. The zero-order chi connectivity index (χ0) is 20.9. The first kappa shape index (κ1) is 23.0. The summed E-state index contributed by atoms with van der Waals surface area (Å²) in [6.45, 7) is 2.88. The van der Waals surface area contributed by atoms with E-state index in [4.69, 9.17) is 20.5 Å². The molecule has 0 aliphatic rings. The van der Waals surface area contributed by atoms with Crippen molar-refractivity contribution in [2.24, 2.45) is 22.1 Å². The van der Waals surface area contributed by atoms with Gasteiger partial charge in [0.1, 0.15) is 17.6 Å². The Morgan fingerprint density at radius 1 is 1.07 bits per heavy atom. The number of nitrogens with zero attached hydrogens (tertiary/aromatic N) is 6. The summed E-state index contributed by atoms with van der Waals surface area (Å²) < 4.78 is 11.0. The molecule has 150 valence electrons. The third-order valence-electron chi connectivity index (χ3n) is 4.27. The second-order valence-corrected chi connectivity index (χ2v) is 6.35. The third-order valence-corrected chi connectivity index (χ3v) is 4.27. The van der Waals surface area contributed by atoms with Crippen LogP contribution in [0.25, 0.3) is 20.9 Å². The lowest BCUT2D eigenvalue weighted by molar-refractivity contribution is -0.135. The topological polar surface area (TPSA) is 150 Å². The van der Waals surface area contributed by atoms with Gasteiger partial charge in [0.15, 0.2) is 5.78 Å². The number of azide groups is 2. The molecule has 0 fully saturated rings. The van der Waals surface area contributed by atoms with Gasteiger partial charge in [0, 0.05) is 35.3 Å². The summed E-state index contributed by atoms with van der Waals surface area (Å²) in [4.78, 5) is 29.4. The molecule has 1 rings (SSSR count). The second kappa shape index (κ2) is 12.3. The fourth-order valence-corrected chi connectivity index (χ4v) is 2.93. The highest BCUT2D eigenvalue weighted by atomic mass is 16.5. The summed E-state index contributed by atoms with van der Waals surface area (Å²) in [5.41, 5.74) is 18.2. The van der Waals surface area contributed by atoms with E-state index < -0.39 is 17.9 Å². The lowest BCUT2D eigenvalue weighted by atomic mass is 9.82. The third kappa shape index (κ3) is 7.67. The Labute approximate surface area is 163 Å². The average Bonchev–Trinajstić information content (AvgIpc) is 2.67. The summed E-state index contributed by atoms with van der Waals surface area (Å²) >= 11 is 0. The summed E-state index contributed by atoms with van der Waals surface area (Å²) in [6, 6.07) is 7.18. The molecule has 0 spiro atoms. The Morgan fingerprint density at radius 2 is 1.68 bits per heavy atom. The zero-order valence-electron chi connectivity index (χ0n) is 16.2. The molecule has 0 bridgehead atoms. The number of hydrogen-bond acceptors (Lipinski definition) is 6. The van der Waals surface area contributed by atoms with Crippen LogP contribution in [-0.4, -0.2) is 37.9 Å². The monoisotopic (exact) mass is 388 g/mol. The van der Waals surface area contributed by atoms with E-state index in [1.165, 1.54) is 13.8 Å². The van der Waals surface area contributed by atoms with Crippen LogP contribution in [0.2, 0.25) is 0 Å². The van der Waals surface area contributed by atoms with Crippen LogP contribution in [0.3, 0.4) is 0 Å². The minimum Gasteiger partial charge on any atom is -0.497 e. The van der Waals surface area contributed by atoms with Crippen LogP contribution in [-0.2, 0) is 20.9 Å². The van der Waals surface area contributed by atoms with Crippen molar-refractivity contribution in [3.63, 3.8) is 0 Å². The van der Waals surface area contributed by atoms with Crippen molar-refractivity contribution in [2.75, 3.05) is 20.2 Å². The predicted octanol–water partition coefficient (Wildman–Crippen LogP) is 4.00. The molecule has 0 heterocycles. The maximum Gasteiger partial charge on any atom is 0.158 e. The Morgan fingerprint density at radius 3 is 2.18 bits per heavy atom. The maximum absolute atomic E-state index is 12.3. The minimum atomic E-state index is -0.911. The van der Waals surface area contributed by atoms with Gasteiger partial charge in [0.2, 0.25) is 0 Å². The van der Waals surface area contributed by atoms with Gasteiger partial charge < -0.3 is 14.3 Å². The highest BCUT2D eigenvalue weighted by Crippen LogP contribution is 2.26. The highest BCUT2D eigenvalue weighted by molar-refractivity contribution is 5.81. The van der Waals surface area contributed by atoms with Gasteiger partial charge in [-0.05, 0) is 48.5 Å². The van der Waals surface area contributed by atoms with Crippen LogP contribution < -0.4 is 4.74 Å². The molecule has 0 N–H and O–H groups in total. The molecular formula is C18H24N6O4. The molecular weight excluding hydrogens is 364 g/mol. The number of benzene rings is 1. The van der Waals surface area contributed by atoms with E-state index in [9.17, 15) is 9.59 Å². The van der Waals surface area contributed by atoms with E-state index in [2.05, 4.69) is 20.1 Å². The van der Waals surface area contributed by atoms with E-state index >= 15 is 0 Å². The van der Waals surface area contributed by atoms with Crippen molar-refractivity contribution < 1.29 is 19.1 Å². The lowest BCUT2D eigenvalue weighted by Gasteiger charge is -2.30. The first-order valence-corrected chi connectivity index (χ1v) is 8.69. The Kier molecular flexibility index (Phi) is 10.1. The molecule has 3 atom stereocenters. The smallest absolute Gasteiger partial charge is 0.158 e. The number of ether oxygens (including phenoxy) is 2. The molecule has 0 aromatic heterocycles. The summed E-state index contributed by atoms with van der Waals surface area (Å²) in [6.07, 6.45) is -0.828. The molecule has 0 aliphatic carbocycles. The largest absolute Gasteiger partial charge is 0.497 e. The van der Waals surface area contributed by atoms with E-state index in [-0.39, 0.29) is 37.7 Å². The van der Waals surface area contributed by atoms with Crippen molar-refractivity contribution in [3.05, 3.63) is 50.7 Å². The number of carbonyl (C=O) groups is 2. The molecule has 0 aliphatic heterocycles. The average molecular weight is 388 g/mol. The predicted molar refractivity (Wildman–Crippen MR) is 103 cm³/mol. The van der Waals surface area contributed by atoms with Crippen molar-refractivity contribution in [1.82, 2.24) is 0 Å². The first-order chi connectivity index (χ1) is 13.4. The van der Waals surface area contributed by atoms with Crippen molar-refractivity contribution in [1.29, 1.82) is 0 Å². The molecule has 0 saturated carbocycles. The summed E-state index contributed by atoms with van der Waals surface area (Å²) in [5.74, 6) is -0.767. The van der Waals surface area contributed by atoms with Crippen molar-refractivity contribution >= 4 is 11.6 Å². The van der Waals surface area contributed by atoms with Crippen LogP contribution in [0, 0.1) is 11.8 Å². The van der Waals surface area contributed by atoms with Crippen LogP contribution in [0.15, 0.2) is 34.5 Å². The van der Waals surface area contributed by atoms with E-state index in [1.807, 2.05) is 12.1 Å². The number of hydrogen-bond donors (Lipinski definition) is 0. The molecule has 10 heteroatoms. The van der Waals surface area contributed by atoms with Crippen molar-refractivity contribution in [3.8, 4) is 5.75 Å². The van der Waals surface area contributed by atoms with Gasteiger partial charge in [0.25, 0.3) is 0 Å². The van der Waals surface area contributed by atoms with E-state index in [0.717, 1.165) is 5.56 Å². The number of Topliss-reactive ketones (excluding diaryl/α,β-unsaturated/α-hetero) is 2. The standard InChI is InChI=1S/C18H24N6O4/c1-12(25)8-15(9-21-23-19)17(10-22-24-20)18(13(2)26)28-11-14-4-6-16(27-3)7-5-14/h4-7,15,17-18H,8-11H2,1-3H3/t15-,17-,18+/m1/s1. The summed E-state index contributed by atoms with van der Waals surface area (Å²) in [7, 11) is 1.57. The lowest BCUT2D eigenvalue weighted by Crippen LogP contribution is -2.39. The minimum absolute atomic E-state index is 0.00261. The van der Waals surface area contributed by atoms with E-state index in [0.29, 0.717) is 5.75 Å². The molecule has 28 heavy (non-hydrogen) atoms. The number of carbonyl (C=O) groups excluding carboxylic acids is 2.